The second-order valence-electron chi connectivity index (χ2n) is 6.00. The second kappa shape index (κ2) is 10.0. The van der Waals surface area contributed by atoms with Gasteiger partial charge in [0.25, 0.3) is 0 Å². The number of pyridine rings is 1. The fourth-order valence-electron chi connectivity index (χ4n) is 2.37. The fraction of sp³-hybridized carbons (Fsp3) is 0.190. The predicted molar refractivity (Wildman–Crippen MR) is 111 cm³/mol. The van der Waals surface area contributed by atoms with Crippen LogP contribution in [0.25, 0.3) is 0 Å². The zero-order valence-corrected chi connectivity index (χ0v) is 15.9. The van der Waals surface area contributed by atoms with Gasteiger partial charge >= 0.3 is 0 Å². The van der Waals surface area contributed by atoms with Crippen LogP contribution in [-0.2, 0) is 0 Å². The maximum Gasteiger partial charge on any atom is 0.229 e. The minimum absolute atomic E-state index is 0.335. The number of anilines is 4. The molecular weight excluding hydrogens is 371 g/mol. The van der Waals surface area contributed by atoms with E-state index in [1.807, 2.05) is 24.3 Å². The minimum atomic E-state index is -0.554. The number of rotatable bonds is 7. The van der Waals surface area contributed by atoms with E-state index in [4.69, 9.17) is 10.5 Å². The van der Waals surface area contributed by atoms with E-state index in [0.29, 0.717) is 36.0 Å². The van der Waals surface area contributed by atoms with E-state index in [0.717, 1.165) is 17.9 Å². The average molecular weight is 392 g/mol. The third-order valence-corrected chi connectivity index (χ3v) is 3.85. The molecule has 148 valence electrons. The zero-order valence-electron chi connectivity index (χ0n) is 15.9. The normalized spacial score (nSPS) is 10.0. The van der Waals surface area contributed by atoms with E-state index in [2.05, 4.69) is 37.4 Å². The smallest absolute Gasteiger partial charge is 0.229 e. The quantitative estimate of drug-likeness (QED) is 0.321. The van der Waals surface area contributed by atoms with Crippen molar-refractivity contribution in [3.63, 3.8) is 0 Å². The van der Waals surface area contributed by atoms with Gasteiger partial charge in [-0.05, 0) is 49.4 Å². The summed E-state index contributed by atoms with van der Waals surface area (Å²) >= 11 is 0. The zero-order chi connectivity index (χ0) is 20.5. The van der Waals surface area contributed by atoms with Crippen LogP contribution < -0.4 is 21.1 Å². The molecule has 1 aromatic carbocycles. The summed E-state index contributed by atoms with van der Waals surface area (Å²) in [7, 11) is 1.62. The first-order valence-electron chi connectivity index (χ1n) is 9.03. The summed E-state index contributed by atoms with van der Waals surface area (Å²) < 4.78 is 18.2. The van der Waals surface area contributed by atoms with Gasteiger partial charge in [-0.3, -0.25) is 0 Å². The number of nitrogens with one attached hydrogen (secondary N) is 2. The van der Waals surface area contributed by atoms with Gasteiger partial charge in [-0.2, -0.15) is 9.37 Å². The Labute approximate surface area is 168 Å². The highest BCUT2D eigenvalue weighted by atomic mass is 19.1. The molecule has 0 atom stereocenters. The maximum atomic E-state index is 13.0. The van der Waals surface area contributed by atoms with Gasteiger partial charge in [0, 0.05) is 12.1 Å². The van der Waals surface area contributed by atoms with Crippen molar-refractivity contribution in [3.05, 3.63) is 60.3 Å². The lowest BCUT2D eigenvalue weighted by molar-refractivity contribution is 0.415. The number of methoxy groups -OCH3 is 1. The lowest BCUT2D eigenvalue weighted by atomic mass is 10.2. The third kappa shape index (κ3) is 5.89. The fourth-order valence-corrected chi connectivity index (χ4v) is 2.37. The summed E-state index contributed by atoms with van der Waals surface area (Å²) in [5.74, 6) is 7.24. The minimum Gasteiger partial charge on any atom is -0.497 e. The Morgan fingerprint density at radius 2 is 1.83 bits per heavy atom. The Morgan fingerprint density at radius 1 is 1.03 bits per heavy atom. The van der Waals surface area contributed by atoms with Crippen molar-refractivity contribution in [1.82, 2.24) is 15.0 Å². The van der Waals surface area contributed by atoms with Crippen molar-refractivity contribution in [2.24, 2.45) is 5.73 Å². The molecule has 2 heterocycles. The number of unbranched alkanes of at least 4 members (excludes halogenated alkanes) is 1. The highest BCUT2D eigenvalue weighted by molar-refractivity contribution is 5.65. The largest absolute Gasteiger partial charge is 0.497 e. The average Bonchev–Trinajstić information content (AvgIpc) is 2.75. The van der Waals surface area contributed by atoms with Crippen LogP contribution in [-0.4, -0.2) is 28.6 Å². The molecule has 8 heteroatoms. The maximum absolute atomic E-state index is 13.0. The van der Waals surface area contributed by atoms with Crippen molar-refractivity contribution < 1.29 is 9.13 Å². The Kier molecular flexibility index (Phi) is 6.92. The van der Waals surface area contributed by atoms with Gasteiger partial charge in [-0.1, -0.05) is 11.8 Å². The molecule has 3 rings (SSSR count). The van der Waals surface area contributed by atoms with Crippen LogP contribution in [0.15, 0.2) is 48.8 Å². The molecule has 0 fully saturated rings. The Bertz CT molecular complexity index is 996. The molecule has 0 unspecified atom stereocenters. The van der Waals surface area contributed by atoms with Gasteiger partial charge in [-0.25, -0.2) is 9.97 Å². The number of hydrogen-bond acceptors (Lipinski definition) is 7. The Balaban J connectivity index is 1.86. The molecule has 7 nitrogen and oxygen atoms in total. The lowest BCUT2D eigenvalue weighted by Crippen LogP contribution is -2.03. The van der Waals surface area contributed by atoms with Gasteiger partial charge in [0.1, 0.15) is 5.75 Å². The molecule has 3 aromatic rings. The van der Waals surface area contributed by atoms with Crippen molar-refractivity contribution >= 4 is 23.1 Å². The molecule has 0 spiro atoms. The van der Waals surface area contributed by atoms with Crippen molar-refractivity contribution in [3.8, 4) is 17.6 Å². The second-order valence-corrected chi connectivity index (χ2v) is 6.00. The summed E-state index contributed by atoms with van der Waals surface area (Å²) in [5, 5.41) is 6.25. The van der Waals surface area contributed by atoms with E-state index in [-0.39, 0.29) is 0 Å². The highest BCUT2D eigenvalue weighted by Crippen LogP contribution is 2.22. The van der Waals surface area contributed by atoms with Gasteiger partial charge in [0.05, 0.1) is 30.8 Å². The van der Waals surface area contributed by atoms with Crippen LogP contribution in [0.4, 0.5) is 27.5 Å². The molecule has 0 amide bonds. The van der Waals surface area contributed by atoms with E-state index in [9.17, 15) is 4.39 Å². The van der Waals surface area contributed by atoms with Crippen LogP contribution >= 0.6 is 0 Å². The van der Waals surface area contributed by atoms with Crippen LogP contribution in [0.2, 0.25) is 0 Å². The molecule has 0 bridgehead atoms. The standard InChI is InChI=1S/C21H21FN6O/c1-29-18-9-6-16(7-10-18)26-20-15(5-3-2-4-12-23)13-25-21(28-20)27-17-8-11-19(22)24-14-17/h6-11,13-14H,2,4,12,23H2,1H3,(H2,25,26,27,28). The van der Waals surface area contributed by atoms with Gasteiger partial charge in [-0.15, -0.1) is 0 Å². The van der Waals surface area contributed by atoms with E-state index in [1.165, 1.54) is 12.3 Å². The van der Waals surface area contributed by atoms with E-state index >= 15 is 0 Å². The SMILES string of the molecule is COc1ccc(Nc2nc(Nc3ccc(F)nc3)ncc2C#CCCCN)cc1. The van der Waals surface area contributed by atoms with Gasteiger partial charge in [0.15, 0.2) is 5.82 Å². The number of halogens is 1. The molecule has 0 aliphatic rings. The van der Waals surface area contributed by atoms with Gasteiger partial charge in [0.2, 0.25) is 11.9 Å². The van der Waals surface area contributed by atoms with Crippen LogP contribution in [0.3, 0.4) is 0 Å². The third-order valence-electron chi connectivity index (χ3n) is 3.85. The van der Waals surface area contributed by atoms with E-state index in [1.54, 1.807) is 19.4 Å². The molecule has 4 N–H and O–H groups in total. The molecule has 2 aromatic heterocycles. The molecule has 29 heavy (non-hydrogen) atoms. The molecule has 0 aliphatic carbocycles. The molecule has 0 saturated heterocycles. The Hall–Kier alpha value is -3.70. The summed E-state index contributed by atoms with van der Waals surface area (Å²) in [4.78, 5) is 12.4. The number of hydrogen-bond donors (Lipinski definition) is 3. The Morgan fingerprint density at radius 3 is 2.52 bits per heavy atom. The van der Waals surface area contributed by atoms with Crippen LogP contribution in [0.5, 0.6) is 5.75 Å². The van der Waals surface area contributed by atoms with Gasteiger partial charge < -0.3 is 21.1 Å². The van der Waals surface area contributed by atoms with Crippen LogP contribution in [0, 0.1) is 17.8 Å². The van der Waals surface area contributed by atoms with Crippen molar-refractivity contribution in [1.29, 1.82) is 0 Å². The van der Waals surface area contributed by atoms with Crippen molar-refractivity contribution in [2.75, 3.05) is 24.3 Å². The first-order valence-corrected chi connectivity index (χ1v) is 9.03. The molecular formula is C21H21FN6O. The summed E-state index contributed by atoms with van der Waals surface area (Å²) in [6, 6.07) is 10.3. The number of nitrogens with zero attached hydrogens (tertiary/aromatic N) is 3. The first-order chi connectivity index (χ1) is 14.2. The highest BCUT2D eigenvalue weighted by Gasteiger charge is 2.08. The van der Waals surface area contributed by atoms with Crippen molar-refractivity contribution in [2.45, 2.75) is 12.8 Å². The monoisotopic (exact) mass is 392 g/mol. The molecule has 0 saturated carbocycles. The summed E-state index contributed by atoms with van der Waals surface area (Å²) in [5.41, 5.74) is 7.56. The topological polar surface area (TPSA) is 98.0 Å². The number of ether oxygens (including phenoxy) is 1. The molecule has 0 aliphatic heterocycles. The summed E-state index contributed by atoms with van der Waals surface area (Å²) in [6.07, 6.45) is 4.52. The number of nitrogens with two attached hydrogens (primary N) is 1. The van der Waals surface area contributed by atoms with Crippen LogP contribution in [0.1, 0.15) is 18.4 Å². The number of aromatic nitrogens is 3. The summed E-state index contributed by atoms with van der Waals surface area (Å²) in [6.45, 7) is 0.594. The predicted octanol–water partition coefficient (Wildman–Crippen LogP) is 3.60. The van der Waals surface area contributed by atoms with E-state index < -0.39 is 5.95 Å². The first kappa shape index (κ1) is 20.0. The molecule has 0 radical (unpaired) electrons. The number of benzene rings is 1. The lowest BCUT2D eigenvalue weighted by Gasteiger charge is -2.11.